The van der Waals surface area contributed by atoms with E-state index in [1.54, 1.807) is 19.1 Å². The van der Waals surface area contributed by atoms with E-state index in [0.717, 1.165) is 5.56 Å². The Bertz CT molecular complexity index is 409. The number of nitrogens with zero attached hydrogens (tertiary/aromatic N) is 1. The Morgan fingerprint density at radius 2 is 2.38 bits per heavy atom. The van der Waals surface area contributed by atoms with Crippen LogP contribution in [0.3, 0.4) is 0 Å². The maximum absolute atomic E-state index is 11.4. The number of esters is 1. The molecule has 0 amide bonds. The molecule has 0 saturated heterocycles. The summed E-state index contributed by atoms with van der Waals surface area (Å²) in [4.78, 5) is 11.4. The average Bonchev–Trinajstić information content (AvgIpc) is 2.26. The Morgan fingerprint density at radius 3 is 2.94 bits per heavy atom. The Kier molecular flexibility index (Phi) is 4.34. The number of aromatic hydroxyl groups is 1. The summed E-state index contributed by atoms with van der Waals surface area (Å²) in [6, 6.07) is 8.39. The molecular weight excluding hydrogens is 206 g/mol. The van der Waals surface area contributed by atoms with Gasteiger partial charge in [-0.05, 0) is 31.0 Å². The van der Waals surface area contributed by atoms with Crippen LogP contribution < -0.4 is 0 Å². The molecule has 0 aromatic heterocycles. The lowest BCUT2D eigenvalue weighted by atomic mass is 10.0. The quantitative estimate of drug-likeness (QED) is 0.781. The number of phenols is 1. The first-order chi connectivity index (χ1) is 7.67. The Balaban J connectivity index is 2.71. The van der Waals surface area contributed by atoms with Crippen LogP contribution >= 0.6 is 0 Å². The van der Waals surface area contributed by atoms with E-state index in [4.69, 9.17) is 10.00 Å². The highest BCUT2D eigenvalue weighted by Gasteiger charge is 2.19. The number of carbonyl (C=O) groups excluding carboxylic acids is 1. The van der Waals surface area contributed by atoms with Crippen molar-refractivity contribution in [1.29, 1.82) is 5.26 Å². The molecule has 0 saturated carbocycles. The van der Waals surface area contributed by atoms with Crippen LogP contribution in [0.25, 0.3) is 0 Å². The molecular formula is C12H13NO3. The zero-order chi connectivity index (χ0) is 12.0. The van der Waals surface area contributed by atoms with E-state index in [9.17, 15) is 9.90 Å². The fourth-order valence-electron chi connectivity index (χ4n) is 1.34. The lowest BCUT2D eigenvalue weighted by Gasteiger charge is -2.08. The topological polar surface area (TPSA) is 70.3 Å². The maximum atomic E-state index is 11.4. The van der Waals surface area contributed by atoms with Crippen molar-refractivity contribution >= 4 is 5.97 Å². The van der Waals surface area contributed by atoms with Gasteiger partial charge >= 0.3 is 5.97 Å². The number of nitriles is 1. The summed E-state index contributed by atoms with van der Waals surface area (Å²) in [6.07, 6.45) is 0.254. The summed E-state index contributed by atoms with van der Waals surface area (Å²) in [6.45, 7) is 1.96. The van der Waals surface area contributed by atoms with E-state index >= 15 is 0 Å². The van der Waals surface area contributed by atoms with Crippen LogP contribution in [0.15, 0.2) is 24.3 Å². The first-order valence-corrected chi connectivity index (χ1v) is 5.01. The predicted molar refractivity (Wildman–Crippen MR) is 57.5 cm³/mol. The molecule has 0 fully saturated rings. The van der Waals surface area contributed by atoms with Crippen LogP contribution in [0.1, 0.15) is 12.5 Å². The number of ether oxygens (including phenoxy) is 1. The fraction of sp³-hybridized carbons (Fsp3) is 0.333. The lowest BCUT2D eigenvalue weighted by molar-refractivity contribution is -0.145. The van der Waals surface area contributed by atoms with Gasteiger partial charge in [-0.2, -0.15) is 5.26 Å². The first kappa shape index (κ1) is 12.1. The van der Waals surface area contributed by atoms with Crippen molar-refractivity contribution < 1.29 is 14.6 Å². The number of hydrogen-bond acceptors (Lipinski definition) is 4. The second-order valence-corrected chi connectivity index (χ2v) is 3.31. The summed E-state index contributed by atoms with van der Waals surface area (Å²) in [7, 11) is 0. The van der Waals surface area contributed by atoms with Crippen LogP contribution in [0.5, 0.6) is 5.75 Å². The van der Waals surface area contributed by atoms with Gasteiger partial charge in [-0.15, -0.1) is 0 Å². The molecule has 84 valence electrons. The van der Waals surface area contributed by atoms with Crippen LogP contribution in [-0.4, -0.2) is 17.7 Å². The third-order valence-corrected chi connectivity index (χ3v) is 2.08. The van der Waals surface area contributed by atoms with Crippen molar-refractivity contribution in [2.24, 2.45) is 5.92 Å². The molecule has 0 bridgehead atoms. The molecule has 0 radical (unpaired) electrons. The highest BCUT2D eigenvalue weighted by molar-refractivity contribution is 5.75. The third kappa shape index (κ3) is 3.28. The molecule has 1 aromatic carbocycles. The second-order valence-electron chi connectivity index (χ2n) is 3.31. The Morgan fingerprint density at radius 1 is 1.62 bits per heavy atom. The van der Waals surface area contributed by atoms with E-state index in [2.05, 4.69) is 0 Å². The molecule has 0 heterocycles. The zero-order valence-corrected chi connectivity index (χ0v) is 9.01. The van der Waals surface area contributed by atoms with Crippen LogP contribution in [0, 0.1) is 17.2 Å². The molecule has 4 heteroatoms. The SMILES string of the molecule is CCOC(=O)C(C#N)Cc1cccc(O)c1. The van der Waals surface area contributed by atoms with Crippen molar-refractivity contribution in [2.45, 2.75) is 13.3 Å². The highest BCUT2D eigenvalue weighted by atomic mass is 16.5. The lowest BCUT2D eigenvalue weighted by Crippen LogP contribution is -2.18. The zero-order valence-electron chi connectivity index (χ0n) is 9.01. The molecule has 1 N–H and O–H groups in total. The van der Waals surface area contributed by atoms with Crippen molar-refractivity contribution in [3.8, 4) is 11.8 Å². The smallest absolute Gasteiger partial charge is 0.323 e. The molecule has 4 nitrogen and oxygen atoms in total. The van der Waals surface area contributed by atoms with Gasteiger partial charge in [-0.25, -0.2) is 0 Å². The summed E-state index contributed by atoms with van der Waals surface area (Å²) in [5.41, 5.74) is 0.736. The normalized spacial score (nSPS) is 11.5. The molecule has 1 unspecified atom stereocenters. The number of carbonyl (C=O) groups is 1. The minimum absolute atomic E-state index is 0.123. The highest BCUT2D eigenvalue weighted by Crippen LogP contribution is 2.15. The monoisotopic (exact) mass is 219 g/mol. The maximum Gasteiger partial charge on any atom is 0.323 e. The summed E-state index contributed by atoms with van der Waals surface area (Å²) >= 11 is 0. The van der Waals surface area contributed by atoms with Crippen molar-refractivity contribution in [3.05, 3.63) is 29.8 Å². The van der Waals surface area contributed by atoms with Crippen LogP contribution in [-0.2, 0) is 16.0 Å². The molecule has 1 rings (SSSR count). The fourth-order valence-corrected chi connectivity index (χ4v) is 1.34. The molecule has 1 atom stereocenters. The minimum atomic E-state index is -0.818. The van der Waals surface area contributed by atoms with E-state index < -0.39 is 11.9 Å². The van der Waals surface area contributed by atoms with E-state index in [1.165, 1.54) is 12.1 Å². The number of rotatable bonds is 4. The van der Waals surface area contributed by atoms with Crippen LogP contribution in [0.2, 0.25) is 0 Å². The van der Waals surface area contributed by atoms with Crippen molar-refractivity contribution in [2.75, 3.05) is 6.61 Å². The molecule has 0 aliphatic heterocycles. The largest absolute Gasteiger partial charge is 0.508 e. The van der Waals surface area contributed by atoms with Gasteiger partial charge in [-0.1, -0.05) is 12.1 Å². The number of hydrogen-bond donors (Lipinski definition) is 1. The second kappa shape index (κ2) is 5.76. The molecule has 1 aromatic rings. The Hall–Kier alpha value is -2.02. The summed E-state index contributed by atoms with van der Waals surface area (Å²) < 4.78 is 4.77. The molecule has 0 aliphatic carbocycles. The predicted octanol–water partition coefficient (Wildman–Crippen LogP) is 1.64. The minimum Gasteiger partial charge on any atom is -0.508 e. The number of phenolic OH excluding ortho intramolecular Hbond substituents is 1. The van der Waals surface area contributed by atoms with Gasteiger partial charge in [0.2, 0.25) is 0 Å². The third-order valence-electron chi connectivity index (χ3n) is 2.08. The number of benzene rings is 1. The van der Waals surface area contributed by atoms with Crippen LogP contribution in [0.4, 0.5) is 0 Å². The molecule has 0 spiro atoms. The first-order valence-electron chi connectivity index (χ1n) is 5.01. The van der Waals surface area contributed by atoms with E-state index in [-0.39, 0.29) is 18.8 Å². The summed E-state index contributed by atoms with van der Waals surface area (Å²) in [5, 5.41) is 18.1. The van der Waals surface area contributed by atoms with Gasteiger partial charge in [0, 0.05) is 0 Å². The van der Waals surface area contributed by atoms with Crippen molar-refractivity contribution in [3.63, 3.8) is 0 Å². The van der Waals surface area contributed by atoms with Gasteiger partial charge in [0.25, 0.3) is 0 Å². The van der Waals surface area contributed by atoms with Gasteiger partial charge in [-0.3, -0.25) is 4.79 Å². The average molecular weight is 219 g/mol. The van der Waals surface area contributed by atoms with E-state index in [0.29, 0.717) is 0 Å². The van der Waals surface area contributed by atoms with Gasteiger partial charge in [0.15, 0.2) is 0 Å². The van der Waals surface area contributed by atoms with E-state index in [1.807, 2.05) is 6.07 Å². The Labute approximate surface area is 94.1 Å². The van der Waals surface area contributed by atoms with Gasteiger partial charge < -0.3 is 9.84 Å². The molecule has 0 aliphatic rings. The van der Waals surface area contributed by atoms with Gasteiger partial charge in [0.1, 0.15) is 11.7 Å². The van der Waals surface area contributed by atoms with Crippen molar-refractivity contribution in [1.82, 2.24) is 0 Å². The van der Waals surface area contributed by atoms with Gasteiger partial charge in [0.05, 0.1) is 12.7 Å². The molecule has 16 heavy (non-hydrogen) atoms. The standard InChI is InChI=1S/C12H13NO3/c1-2-16-12(15)10(8-13)6-9-4-3-5-11(14)7-9/h3-5,7,10,14H,2,6H2,1H3. The summed E-state index contributed by atoms with van der Waals surface area (Å²) in [5.74, 6) is -1.21.